The number of nitrogens with zero attached hydrogens (tertiary/aromatic N) is 1. The van der Waals surface area contributed by atoms with Crippen LogP contribution in [0, 0.1) is 0 Å². The van der Waals surface area contributed by atoms with Crippen LogP contribution in [0.3, 0.4) is 0 Å². The lowest BCUT2D eigenvalue weighted by Gasteiger charge is -2.10. The summed E-state index contributed by atoms with van der Waals surface area (Å²) in [6, 6.07) is 4.46. The van der Waals surface area contributed by atoms with Gasteiger partial charge in [0.1, 0.15) is 12.6 Å². The third kappa shape index (κ3) is 6.86. The van der Waals surface area contributed by atoms with Gasteiger partial charge >= 0.3 is 5.97 Å². The van der Waals surface area contributed by atoms with Crippen molar-refractivity contribution in [1.29, 1.82) is 0 Å². The Balaban J connectivity index is 2.37. The van der Waals surface area contributed by atoms with E-state index in [0.29, 0.717) is 5.69 Å². The van der Waals surface area contributed by atoms with E-state index < -0.39 is 12.0 Å². The minimum absolute atomic E-state index is 0.250. The number of carbonyl (C=O) groups is 1. The molecule has 0 saturated heterocycles. The van der Waals surface area contributed by atoms with Gasteiger partial charge in [-0.2, -0.15) is 0 Å². The second-order valence-corrected chi connectivity index (χ2v) is 5.23. The van der Waals surface area contributed by atoms with Gasteiger partial charge in [0.15, 0.2) is 0 Å². The van der Waals surface area contributed by atoms with Crippen molar-refractivity contribution in [2.75, 3.05) is 6.61 Å². The summed E-state index contributed by atoms with van der Waals surface area (Å²) in [5.41, 5.74) is 8.84. The lowest BCUT2D eigenvalue weighted by Crippen LogP contribution is -2.24. The monoisotopic (exact) mass is 288 g/mol. The normalized spacial score (nSPS) is 12.7. The number of aromatic nitrogens is 1. The van der Waals surface area contributed by atoms with Gasteiger partial charge in [-0.25, -0.2) is 4.79 Å². The molecule has 0 aromatic carbocycles. The zero-order valence-corrected chi connectivity index (χ0v) is 13.0. The number of nitrogens with two attached hydrogens (primary N) is 1. The van der Waals surface area contributed by atoms with Gasteiger partial charge in [-0.15, -0.1) is 0 Å². The standard InChI is InChI=1S/C17H24N2O2/c1-13(2)7-6-8-14(3)10-12-21-17(20)16(18)15-9-4-5-11-19-15/h4-5,7,9-11,16H,6,8,12,18H2,1-3H3/b14-10+. The van der Waals surface area contributed by atoms with Gasteiger partial charge < -0.3 is 10.5 Å². The first-order chi connectivity index (χ1) is 10.0. The van der Waals surface area contributed by atoms with E-state index in [-0.39, 0.29) is 6.61 Å². The van der Waals surface area contributed by atoms with Crippen molar-refractivity contribution < 1.29 is 9.53 Å². The second kappa shape index (κ2) is 9.08. The molecule has 1 aromatic heterocycles. The lowest BCUT2D eigenvalue weighted by atomic mass is 10.1. The molecule has 0 aliphatic carbocycles. The number of rotatable bonds is 7. The summed E-state index contributed by atoms with van der Waals surface area (Å²) in [5.74, 6) is -0.456. The Morgan fingerprint density at radius 1 is 1.33 bits per heavy atom. The Morgan fingerprint density at radius 2 is 2.10 bits per heavy atom. The number of esters is 1. The summed E-state index contributed by atoms with van der Waals surface area (Å²) < 4.78 is 5.16. The molecular formula is C17H24N2O2. The maximum absolute atomic E-state index is 11.8. The van der Waals surface area contributed by atoms with Crippen LogP contribution >= 0.6 is 0 Å². The fourth-order valence-corrected chi connectivity index (χ4v) is 1.73. The maximum Gasteiger partial charge on any atom is 0.329 e. The van der Waals surface area contributed by atoms with Crippen LogP contribution in [0.5, 0.6) is 0 Å². The molecule has 114 valence electrons. The van der Waals surface area contributed by atoms with Gasteiger partial charge in [0.25, 0.3) is 0 Å². The van der Waals surface area contributed by atoms with Gasteiger partial charge in [0, 0.05) is 6.20 Å². The van der Waals surface area contributed by atoms with Crippen molar-refractivity contribution in [3.05, 3.63) is 53.4 Å². The number of pyridine rings is 1. The average Bonchev–Trinajstić information content (AvgIpc) is 2.46. The van der Waals surface area contributed by atoms with Crippen LogP contribution in [0.15, 0.2) is 47.7 Å². The molecule has 0 amide bonds. The van der Waals surface area contributed by atoms with Gasteiger partial charge in [-0.3, -0.25) is 4.98 Å². The van der Waals surface area contributed by atoms with Crippen molar-refractivity contribution in [2.45, 2.75) is 39.7 Å². The SMILES string of the molecule is CC(C)=CCC/C(C)=C/COC(=O)C(N)c1ccccn1. The molecule has 21 heavy (non-hydrogen) atoms. The first-order valence-corrected chi connectivity index (χ1v) is 7.13. The minimum Gasteiger partial charge on any atom is -0.460 e. The number of ether oxygens (including phenoxy) is 1. The Hall–Kier alpha value is -1.94. The summed E-state index contributed by atoms with van der Waals surface area (Å²) in [6.45, 7) is 6.45. The van der Waals surface area contributed by atoms with E-state index in [1.165, 1.54) is 11.1 Å². The number of hydrogen-bond donors (Lipinski definition) is 1. The van der Waals surface area contributed by atoms with E-state index in [2.05, 4.69) is 24.9 Å². The van der Waals surface area contributed by atoms with Crippen LogP contribution in [0.4, 0.5) is 0 Å². The molecule has 1 atom stereocenters. The van der Waals surface area contributed by atoms with Crippen LogP contribution in [0.1, 0.15) is 45.3 Å². The number of carbonyl (C=O) groups excluding carboxylic acids is 1. The van der Waals surface area contributed by atoms with E-state index in [4.69, 9.17) is 10.5 Å². The van der Waals surface area contributed by atoms with Crippen molar-refractivity contribution in [3.8, 4) is 0 Å². The first kappa shape index (κ1) is 17.1. The summed E-state index contributed by atoms with van der Waals surface area (Å²) in [5, 5.41) is 0. The van der Waals surface area contributed by atoms with Crippen molar-refractivity contribution in [1.82, 2.24) is 4.98 Å². The smallest absolute Gasteiger partial charge is 0.329 e. The van der Waals surface area contributed by atoms with E-state index >= 15 is 0 Å². The molecule has 0 bridgehead atoms. The minimum atomic E-state index is -0.828. The predicted molar refractivity (Wildman–Crippen MR) is 84.5 cm³/mol. The first-order valence-electron chi connectivity index (χ1n) is 7.13. The molecule has 1 rings (SSSR count). The third-order valence-electron chi connectivity index (χ3n) is 3.01. The summed E-state index contributed by atoms with van der Waals surface area (Å²) in [4.78, 5) is 15.9. The molecular weight excluding hydrogens is 264 g/mol. The Morgan fingerprint density at radius 3 is 2.71 bits per heavy atom. The predicted octanol–water partition coefficient (Wildman–Crippen LogP) is 3.32. The van der Waals surface area contributed by atoms with Crippen LogP contribution < -0.4 is 5.73 Å². The molecule has 2 N–H and O–H groups in total. The zero-order chi connectivity index (χ0) is 15.7. The summed E-state index contributed by atoms with van der Waals surface area (Å²) in [7, 11) is 0. The fraction of sp³-hybridized carbons (Fsp3) is 0.412. The molecule has 0 saturated carbocycles. The highest BCUT2D eigenvalue weighted by molar-refractivity contribution is 5.76. The van der Waals surface area contributed by atoms with Gasteiger partial charge in [-0.1, -0.05) is 23.3 Å². The van der Waals surface area contributed by atoms with Crippen LogP contribution in [0.2, 0.25) is 0 Å². The van der Waals surface area contributed by atoms with Crippen LogP contribution in [-0.4, -0.2) is 17.6 Å². The largest absolute Gasteiger partial charge is 0.460 e. The fourth-order valence-electron chi connectivity index (χ4n) is 1.73. The second-order valence-electron chi connectivity index (χ2n) is 5.23. The highest BCUT2D eigenvalue weighted by Gasteiger charge is 2.17. The molecule has 0 spiro atoms. The average molecular weight is 288 g/mol. The van der Waals surface area contributed by atoms with Gasteiger partial charge in [0.2, 0.25) is 0 Å². The molecule has 0 radical (unpaired) electrons. The molecule has 1 heterocycles. The molecule has 0 aliphatic heterocycles. The molecule has 4 nitrogen and oxygen atoms in total. The quantitative estimate of drug-likeness (QED) is 0.617. The van der Waals surface area contributed by atoms with Crippen LogP contribution in [-0.2, 0) is 9.53 Å². The number of hydrogen-bond acceptors (Lipinski definition) is 4. The maximum atomic E-state index is 11.8. The highest BCUT2D eigenvalue weighted by Crippen LogP contribution is 2.09. The lowest BCUT2D eigenvalue weighted by molar-refractivity contribution is -0.144. The van der Waals surface area contributed by atoms with Gasteiger partial charge in [0.05, 0.1) is 5.69 Å². The van der Waals surface area contributed by atoms with Crippen molar-refractivity contribution in [2.24, 2.45) is 5.73 Å². The third-order valence-corrected chi connectivity index (χ3v) is 3.01. The molecule has 4 heteroatoms. The molecule has 0 aliphatic rings. The van der Waals surface area contributed by atoms with Gasteiger partial charge in [-0.05, 0) is 51.8 Å². The van der Waals surface area contributed by atoms with E-state index in [1.807, 2.05) is 13.0 Å². The Kier molecular flexibility index (Phi) is 7.40. The highest BCUT2D eigenvalue weighted by atomic mass is 16.5. The van der Waals surface area contributed by atoms with Crippen molar-refractivity contribution >= 4 is 5.97 Å². The Bertz CT molecular complexity index is 503. The van der Waals surface area contributed by atoms with Crippen molar-refractivity contribution in [3.63, 3.8) is 0 Å². The number of allylic oxidation sites excluding steroid dienone is 3. The molecule has 0 fully saturated rings. The van der Waals surface area contributed by atoms with E-state index in [0.717, 1.165) is 12.8 Å². The van der Waals surface area contributed by atoms with E-state index in [9.17, 15) is 4.79 Å². The molecule has 1 unspecified atom stereocenters. The molecule has 1 aromatic rings. The van der Waals surface area contributed by atoms with Crippen LogP contribution in [0.25, 0.3) is 0 Å². The Labute approximate surface area is 126 Å². The summed E-state index contributed by atoms with van der Waals surface area (Å²) >= 11 is 0. The summed E-state index contributed by atoms with van der Waals surface area (Å²) in [6.07, 6.45) is 7.69. The topological polar surface area (TPSA) is 65.2 Å². The zero-order valence-electron chi connectivity index (χ0n) is 13.0. The van der Waals surface area contributed by atoms with E-state index in [1.54, 1.807) is 24.4 Å².